The summed E-state index contributed by atoms with van der Waals surface area (Å²) in [4.78, 5) is 55.5. The van der Waals surface area contributed by atoms with Crippen LogP contribution in [0.25, 0.3) is 10.8 Å². The number of imide groups is 2. The molecule has 250 valence electrons. The van der Waals surface area contributed by atoms with Gasteiger partial charge < -0.3 is 19.5 Å². The van der Waals surface area contributed by atoms with E-state index in [1.165, 1.54) is 6.07 Å². The van der Waals surface area contributed by atoms with Crippen LogP contribution in [0.5, 0.6) is 11.6 Å². The maximum Gasteiger partial charge on any atom is 0.266 e. The Labute approximate surface area is 281 Å². The molecule has 2 N–H and O–H groups in total. The molecule has 49 heavy (non-hydrogen) atoms. The lowest BCUT2D eigenvalue weighted by atomic mass is 9.98. The predicted octanol–water partition coefficient (Wildman–Crippen LogP) is 3.56. The predicted molar refractivity (Wildman–Crippen MR) is 175 cm³/mol. The zero-order valence-corrected chi connectivity index (χ0v) is 27.1. The molecule has 2 atom stereocenters. The van der Waals surface area contributed by atoms with Gasteiger partial charge in [-0.3, -0.25) is 29.4 Å². The van der Waals surface area contributed by atoms with E-state index in [1.54, 1.807) is 30.5 Å². The van der Waals surface area contributed by atoms with Crippen LogP contribution in [0, 0.1) is 25.2 Å². The maximum absolute atomic E-state index is 13.2. The lowest BCUT2D eigenvalue weighted by Crippen LogP contribution is -2.54. The number of anilines is 1. The number of nitriles is 1. The molecule has 2 aliphatic rings. The second kappa shape index (κ2) is 14.0. The van der Waals surface area contributed by atoms with Crippen molar-refractivity contribution < 1.29 is 33.4 Å². The van der Waals surface area contributed by atoms with Crippen LogP contribution in [0.15, 0.2) is 48.7 Å². The molecule has 0 radical (unpaired) electrons. The van der Waals surface area contributed by atoms with Crippen molar-refractivity contribution in [1.82, 2.24) is 25.4 Å². The van der Waals surface area contributed by atoms with Crippen molar-refractivity contribution in [3.63, 3.8) is 0 Å². The number of carbonyl (C=O) groups excluding carboxylic acids is 4. The van der Waals surface area contributed by atoms with Gasteiger partial charge in [-0.1, -0.05) is 18.2 Å². The summed E-state index contributed by atoms with van der Waals surface area (Å²) in [6.07, 6.45) is 1.80. The number of rotatable bonds is 12. The molecule has 2 aromatic carbocycles. The third kappa shape index (κ3) is 6.61. The summed E-state index contributed by atoms with van der Waals surface area (Å²) in [6.45, 7) is 6.45. The highest BCUT2D eigenvalue weighted by molar-refractivity contribution is 6.24. The van der Waals surface area contributed by atoms with E-state index in [2.05, 4.69) is 31.9 Å². The summed E-state index contributed by atoms with van der Waals surface area (Å²) in [6, 6.07) is 13.1. The fourth-order valence-corrected chi connectivity index (χ4v) is 5.99. The van der Waals surface area contributed by atoms with E-state index in [-0.39, 0.29) is 62.2 Å². The van der Waals surface area contributed by atoms with E-state index in [1.807, 2.05) is 32.9 Å². The summed E-state index contributed by atoms with van der Waals surface area (Å²) < 4.78 is 17.3. The summed E-state index contributed by atoms with van der Waals surface area (Å²) in [5.41, 5.74) is 3.44. The molecule has 6 rings (SSSR count). The fourth-order valence-electron chi connectivity index (χ4n) is 5.99. The highest BCUT2D eigenvalue weighted by Crippen LogP contribution is 2.34. The van der Waals surface area contributed by atoms with Crippen LogP contribution in [-0.4, -0.2) is 76.2 Å². The summed E-state index contributed by atoms with van der Waals surface area (Å²) in [5.74, 6) is -1.21. The summed E-state index contributed by atoms with van der Waals surface area (Å²) >= 11 is 0. The minimum Gasteiger partial charge on any atom is -0.490 e. The number of carbonyl (C=O) groups is 4. The standard InChI is InChI=1S/C35H33N7O7/c1-19-22(17-36)6-4-7-23(19)20(2)38-32-25-16-30(37-18-26(25)21(3)40-41-32)49-15-13-47-12-14-48-28-9-5-8-24-31(28)35(46)42(34(24)45)27-10-11-29(43)39-33(27)44/h4-9,16,18,20,27H,10-15H2,1-3H3,(H,38,41)(H,39,43,44)/t20-,27?/m1/s1. The van der Waals surface area contributed by atoms with Gasteiger partial charge >= 0.3 is 0 Å². The topological polar surface area (TPSA) is 186 Å². The first-order valence-electron chi connectivity index (χ1n) is 15.7. The number of ether oxygens (including phenoxy) is 3. The minimum atomic E-state index is -1.06. The molecule has 0 bridgehead atoms. The molecule has 14 nitrogen and oxygen atoms in total. The molecule has 4 heterocycles. The molecule has 0 saturated carbocycles. The molecule has 4 aromatic rings. The van der Waals surface area contributed by atoms with Crippen LogP contribution in [0.3, 0.4) is 0 Å². The average molecular weight is 664 g/mol. The lowest BCUT2D eigenvalue weighted by Gasteiger charge is -2.27. The first-order valence-corrected chi connectivity index (χ1v) is 15.7. The van der Waals surface area contributed by atoms with Crippen molar-refractivity contribution in [2.24, 2.45) is 0 Å². The quantitative estimate of drug-likeness (QED) is 0.166. The Bertz CT molecular complexity index is 2030. The van der Waals surface area contributed by atoms with Crippen LogP contribution in [0.2, 0.25) is 0 Å². The molecule has 1 unspecified atom stereocenters. The minimum absolute atomic E-state index is 0.0388. The van der Waals surface area contributed by atoms with Crippen molar-refractivity contribution >= 4 is 40.2 Å². The molecule has 0 aliphatic carbocycles. The maximum atomic E-state index is 13.2. The van der Waals surface area contributed by atoms with Crippen LogP contribution in [0.1, 0.15) is 68.9 Å². The van der Waals surface area contributed by atoms with Crippen LogP contribution >= 0.6 is 0 Å². The number of piperidine rings is 1. The smallest absolute Gasteiger partial charge is 0.266 e. The average Bonchev–Trinajstić information content (AvgIpc) is 3.35. The first kappa shape index (κ1) is 33.0. The van der Waals surface area contributed by atoms with Crippen molar-refractivity contribution in [2.45, 2.75) is 45.7 Å². The highest BCUT2D eigenvalue weighted by atomic mass is 16.5. The van der Waals surface area contributed by atoms with Gasteiger partial charge in [0, 0.05) is 29.5 Å². The summed E-state index contributed by atoms with van der Waals surface area (Å²) in [5, 5.41) is 25.3. The molecule has 1 fully saturated rings. The van der Waals surface area contributed by atoms with E-state index in [9.17, 15) is 24.4 Å². The molecular formula is C35H33N7O7. The van der Waals surface area contributed by atoms with Crippen LogP contribution in [0.4, 0.5) is 5.82 Å². The van der Waals surface area contributed by atoms with Gasteiger partial charge in [-0.05, 0) is 56.5 Å². The van der Waals surface area contributed by atoms with Gasteiger partial charge in [-0.25, -0.2) is 4.98 Å². The normalized spacial score (nSPS) is 16.3. The summed E-state index contributed by atoms with van der Waals surface area (Å²) in [7, 11) is 0. The number of hydrogen-bond acceptors (Lipinski definition) is 12. The van der Waals surface area contributed by atoms with E-state index in [0.29, 0.717) is 17.3 Å². The molecule has 0 spiro atoms. The van der Waals surface area contributed by atoms with Crippen molar-refractivity contribution in [3.8, 4) is 17.7 Å². The Morgan fingerprint density at radius 2 is 1.78 bits per heavy atom. The Kier molecular flexibility index (Phi) is 9.45. The largest absolute Gasteiger partial charge is 0.490 e. The van der Waals surface area contributed by atoms with Crippen LogP contribution < -0.4 is 20.1 Å². The van der Waals surface area contributed by atoms with E-state index in [4.69, 9.17) is 14.2 Å². The van der Waals surface area contributed by atoms with Crippen molar-refractivity contribution in [3.05, 3.63) is 82.2 Å². The first-order chi connectivity index (χ1) is 23.7. The van der Waals surface area contributed by atoms with Crippen molar-refractivity contribution in [2.75, 3.05) is 31.7 Å². The Hall–Kier alpha value is -5.94. The molecule has 4 amide bonds. The zero-order valence-electron chi connectivity index (χ0n) is 27.1. The van der Waals surface area contributed by atoms with Gasteiger partial charge in [-0.15, -0.1) is 5.10 Å². The van der Waals surface area contributed by atoms with Crippen molar-refractivity contribution in [1.29, 1.82) is 5.26 Å². The molecule has 14 heteroatoms. The second-order valence-corrected chi connectivity index (χ2v) is 11.6. The number of benzene rings is 2. The zero-order chi connectivity index (χ0) is 34.7. The Morgan fingerprint density at radius 3 is 2.55 bits per heavy atom. The molecule has 1 saturated heterocycles. The van der Waals surface area contributed by atoms with E-state index in [0.717, 1.165) is 32.5 Å². The Balaban J connectivity index is 1.02. The van der Waals surface area contributed by atoms with Gasteiger partial charge in [0.1, 0.15) is 25.0 Å². The molecular weight excluding hydrogens is 630 g/mol. The highest BCUT2D eigenvalue weighted by Gasteiger charge is 2.46. The number of amides is 4. The Morgan fingerprint density at radius 1 is 1.00 bits per heavy atom. The number of aryl methyl sites for hydroxylation is 1. The van der Waals surface area contributed by atoms with Gasteiger partial charge in [0.05, 0.1) is 47.7 Å². The number of pyridine rings is 1. The number of nitrogens with one attached hydrogen (secondary N) is 2. The van der Waals surface area contributed by atoms with Crippen LogP contribution in [-0.2, 0) is 14.3 Å². The van der Waals surface area contributed by atoms with Gasteiger partial charge in [0.25, 0.3) is 11.8 Å². The van der Waals surface area contributed by atoms with Gasteiger partial charge in [0.15, 0.2) is 5.82 Å². The van der Waals surface area contributed by atoms with E-state index >= 15 is 0 Å². The number of nitrogens with zero attached hydrogens (tertiary/aromatic N) is 5. The van der Waals surface area contributed by atoms with Gasteiger partial charge in [0.2, 0.25) is 17.7 Å². The molecule has 2 aromatic heterocycles. The number of hydrogen-bond donors (Lipinski definition) is 2. The second-order valence-electron chi connectivity index (χ2n) is 11.6. The van der Waals surface area contributed by atoms with E-state index < -0.39 is 29.7 Å². The monoisotopic (exact) mass is 663 g/mol. The third-order valence-electron chi connectivity index (χ3n) is 8.53. The van der Waals surface area contributed by atoms with Gasteiger partial charge in [-0.2, -0.15) is 10.4 Å². The number of fused-ring (bicyclic) bond motifs is 2. The number of aromatic nitrogens is 3. The SMILES string of the molecule is Cc1c(C#N)cccc1[C@@H](C)Nc1nnc(C)c2cnc(OCCOCCOc3cccc4c3C(=O)N(C3CCC(=O)NC3=O)C4=O)cc12. The fraction of sp³-hybridized carbons (Fsp3) is 0.314. The third-order valence-corrected chi connectivity index (χ3v) is 8.53. The molecule has 2 aliphatic heterocycles. The lowest BCUT2D eigenvalue weighted by molar-refractivity contribution is -0.136.